The first-order valence-electron chi connectivity index (χ1n) is 9.50. The lowest BCUT2D eigenvalue weighted by atomic mass is 10.1. The number of imide groups is 1. The molecule has 1 N–H and O–H groups in total. The number of aryl methyl sites for hydroxylation is 1. The van der Waals surface area contributed by atoms with Crippen molar-refractivity contribution in [3.05, 3.63) is 59.4 Å². The molecule has 0 fully saturated rings. The molecule has 0 aliphatic carbocycles. The number of hydrogen-bond donors (Lipinski definition) is 1. The lowest BCUT2D eigenvalue weighted by molar-refractivity contribution is 0.0652. The number of nitrogens with zero attached hydrogens (tertiary/aromatic N) is 4. The molecule has 1 aromatic carbocycles. The first-order valence-corrected chi connectivity index (χ1v) is 9.50. The number of rotatable bonds is 7. The molecular formula is C21H27N5O2. The number of guanidine groups is 1. The van der Waals surface area contributed by atoms with Crippen molar-refractivity contribution in [1.29, 1.82) is 0 Å². The summed E-state index contributed by atoms with van der Waals surface area (Å²) in [4.78, 5) is 32.5. The van der Waals surface area contributed by atoms with E-state index in [1.165, 1.54) is 10.6 Å². The zero-order valence-corrected chi connectivity index (χ0v) is 16.7. The quantitative estimate of drug-likeness (QED) is 0.345. The Balaban J connectivity index is 1.42. The summed E-state index contributed by atoms with van der Waals surface area (Å²) < 4.78 is 2.09. The van der Waals surface area contributed by atoms with Crippen molar-refractivity contribution in [2.75, 3.05) is 27.2 Å². The summed E-state index contributed by atoms with van der Waals surface area (Å²) in [6.45, 7) is 1.93. The maximum atomic E-state index is 12.4. The van der Waals surface area contributed by atoms with Crippen molar-refractivity contribution in [2.24, 2.45) is 12.0 Å². The minimum absolute atomic E-state index is 0.188. The van der Waals surface area contributed by atoms with Gasteiger partial charge in [-0.2, -0.15) is 0 Å². The van der Waals surface area contributed by atoms with Gasteiger partial charge in [-0.1, -0.05) is 12.1 Å². The fourth-order valence-electron chi connectivity index (χ4n) is 3.40. The molecule has 0 saturated heterocycles. The number of unbranched alkanes of at least 4 members (excludes halogenated alkanes) is 1. The van der Waals surface area contributed by atoms with Crippen molar-refractivity contribution < 1.29 is 9.59 Å². The van der Waals surface area contributed by atoms with Gasteiger partial charge in [0, 0.05) is 46.1 Å². The Labute approximate surface area is 165 Å². The van der Waals surface area contributed by atoms with Crippen LogP contribution in [0.15, 0.2) is 47.6 Å². The third-order valence-electron chi connectivity index (χ3n) is 4.99. The average molecular weight is 381 g/mol. The standard InChI is InChI=1S/C21H27N5O2/c1-22-21(25(3)15-16-9-8-13-24(16)2)23-12-6-7-14-26-19(27)17-10-4-5-11-18(17)20(26)28/h4-5,8-11,13H,6-7,12,14-15H2,1-3H3,(H,22,23). The summed E-state index contributed by atoms with van der Waals surface area (Å²) in [7, 11) is 5.79. The van der Waals surface area contributed by atoms with Gasteiger partial charge in [-0.15, -0.1) is 0 Å². The van der Waals surface area contributed by atoms with E-state index >= 15 is 0 Å². The largest absolute Gasteiger partial charge is 0.356 e. The summed E-state index contributed by atoms with van der Waals surface area (Å²) in [5.74, 6) is 0.445. The van der Waals surface area contributed by atoms with Gasteiger partial charge >= 0.3 is 0 Å². The fourth-order valence-corrected chi connectivity index (χ4v) is 3.40. The zero-order valence-electron chi connectivity index (χ0n) is 16.7. The van der Waals surface area contributed by atoms with E-state index in [1.807, 2.05) is 26.4 Å². The van der Waals surface area contributed by atoms with E-state index in [2.05, 4.69) is 25.8 Å². The lowest BCUT2D eigenvalue weighted by Gasteiger charge is -2.22. The van der Waals surface area contributed by atoms with Gasteiger partial charge in [0.1, 0.15) is 0 Å². The van der Waals surface area contributed by atoms with Crippen LogP contribution in [0.4, 0.5) is 0 Å². The molecule has 0 atom stereocenters. The van der Waals surface area contributed by atoms with Crippen molar-refractivity contribution in [3.63, 3.8) is 0 Å². The summed E-state index contributed by atoms with van der Waals surface area (Å²) in [5.41, 5.74) is 2.22. The second-order valence-corrected chi connectivity index (χ2v) is 6.96. The third-order valence-corrected chi connectivity index (χ3v) is 4.99. The van der Waals surface area contributed by atoms with Crippen LogP contribution < -0.4 is 5.32 Å². The Morgan fingerprint density at radius 2 is 1.75 bits per heavy atom. The number of nitrogens with one attached hydrogen (secondary N) is 1. The SMILES string of the molecule is CN=C(NCCCCN1C(=O)c2ccccc2C1=O)N(C)Cc1cccn1C. The van der Waals surface area contributed by atoms with Crippen molar-refractivity contribution in [1.82, 2.24) is 19.7 Å². The maximum Gasteiger partial charge on any atom is 0.261 e. The predicted octanol–water partition coefficient (Wildman–Crippen LogP) is 2.11. The normalized spacial score (nSPS) is 13.8. The van der Waals surface area contributed by atoms with Gasteiger partial charge in [0.15, 0.2) is 5.96 Å². The van der Waals surface area contributed by atoms with E-state index in [0.29, 0.717) is 17.7 Å². The molecule has 148 valence electrons. The van der Waals surface area contributed by atoms with Gasteiger partial charge in [0.05, 0.1) is 17.7 Å². The van der Waals surface area contributed by atoms with Crippen LogP contribution in [0.25, 0.3) is 0 Å². The predicted molar refractivity (Wildman–Crippen MR) is 109 cm³/mol. The molecule has 3 rings (SSSR count). The van der Waals surface area contributed by atoms with Gasteiger partial charge in [0.2, 0.25) is 0 Å². The van der Waals surface area contributed by atoms with Crippen LogP contribution in [0.3, 0.4) is 0 Å². The number of aromatic nitrogens is 1. The van der Waals surface area contributed by atoms with Crippen molar-refractivity contribution >= 4 is 17.8 Å². The summed E-state index contributed by atoms with van der Waals surface area (Å²) >= 11 is 0. The molecule has 28 heavy (non-hydrogen) atoms. The van der Waals surface area contributed by atoms with Crippen molar-refractivity contribution in [3.8, 4) is 0 Å². The second-order valence-electron chi connectivity index (χ2n) is 6.96. The maximum absolute atomic E-state index is 12.4. The first-order chi connectivity index (χ1) is 13.5. The molecule has 1 aliphatic heterocycles. The van der Waals surface area contributed by atoms with E-state index in [1.54, 1.807) is 31.3 Å². The molecular weight excluding hydrogens is 354 g/mol. The monoisotopic (exact) mass is 381 g/mol. The van der Waals surface area contributed by atoms with Crippen molar-refractivity contribution in [2.45, 2.75) is 19.4 Å². The Morgan fingerprint density at radius 1 is 1.07 bits per heavy atom. The van der Waals surface area contributed by atoms with Gasteiger partial charge in [0.25, 0.3) is 11.8 Å². The Bertz CT molecular complexity index is 851. The molecule has 0 bridgehead atoms. The highest BCUT2D eigenvalue weighted by molar-refractivity contribution is 6.21. The Kier molecular flexibility index (Phi) is 6.13. The second kappa shape index (κ2) is 8.73. The van der Waals surface area contributed by atoms with Crippen LogP contribution in [0.2, 0.25) is 0 Å². The smallest absolute Gasteiger partial charge is 0.261 e. The highest BCUT2D eigenvalue weighted by Crippen LogP contribution is 2.22. The molecule has 0 spiro atoms. The molecule has 2 heterocycles. The van der Waals surface area contributed by atoms with Gasteiger partial charge in [-0.3, -0.25) is 19.5 Å². The third kappa shape index (κ3) is 4.08. The van der Waals surface area contributed by atoms with Crippen LogP contribution in [-0.4, -0.2) is 59.3 Å². The molecule has 2 amide bonds. The number of carbonyl (C=O) groups excluding carboxylic acids is 2. The molecule has 0 saturated carbocycles. The fraction of sp³-hybridized carbons (Fsp3) is 0.381. The highest BCUT2D eigenvalue weighted by Gasteiger charge is 2.34. The number of fused-ring (bicyclic) bond motifs is 1. The van der Waals surface area contributed by atoms with Crippen LogP contribution in [-0.2, 0) is 13.6 Å². The van der Waals surface area contributed by atoms with Crippen LogP contribution in [0.5, 0.6) is 0 Å². The van der Waals surface area contributed by atoms with Gasteiger partial charge < -0.3 is 14.8 Å². The van der Waals surface area contributed by atoms with Crippen LogP contribution >= 0.6 is 0 Å². The average Bonchev–Trinajstić information content (AvgIpc) is 3.20. The minimum Gasteiger partial charge on any atom is -0.356 e. The van der Waals surface area contributed by atoms with Crippen LogP contribution in [0.1, 0.15) is 39.3 Å². The Morgan fingerprint density at radius 3 is 2.32 bits per heavy atom. The summed E-state index contributed by atoms with van der Waals surface area (Å²) in [5, 5.41) is 3.34. The molecule has 1 aromatic heterocycles. The topological polar surface area (TPSA) is 69.9 Å². The van der Waals surface area contributed by atoms with E-state index in [9.17, 15) is 9.59 Å². The summed E-state index contributed by atoms with van der Waals surface area (Å²) in [6.07, 6.45) is 3.61. The molecule has 1 aliphatic rings. The van der Waals surface area contributed by atoms with E-state index in [-0.39, 0.29) is 11.8 Å². The number of hydrogen-bond acceptors (Lipinski definition) is 3. The van der Waals surface area contributed by atoms with E-state index in [0.717, 1.165) is 31.9 Å². The van der Waals surface area contributed by atoms with E-state index in [4.69, 9.17) is 0 Å². The number of benzene rings is 1. The van der Waals surface area contributed by atoms with Gasteiger partial charge in [-0.25, -0.2) is 0 Å². The molecule has 7 nitrogen and oxygen atoms in total. The first kappa shape index (κ1) is 19.7. The molecule has 0 unspecified atom stereocenters. The molecule has 0 radical (unpaired) electrons. The Hall–Kier alpha value is -3.09. The van der Waals surface area contributed by atoms with Crippen LogP contribution in [0, 0.1) is 0 Å². The zero-order chi connectivity index (χ0) is 20.1. The minimum atomic E-state index is -0.188. The molecule has 2 aromatic rings. The summed E-state index contributed by atoms with van der Waals surface area (Å²) in [6, 6.07) is 11.1. The number of carbonyl (C=O) groups is 2. The highest BCUT2D eigenvalue weighted by atomic mass is 16.2. The number of aliphatic imine (C=N–C) groups is 1. The molecule has 7 heteroatoms. The van der Waals surface area contributed by atoms with E-state index < -0.39 is 0 Å². The number of amides is 2. The lowest BCUT2D eigenvalue weighted by Crippen LogP contribution is -2.39. The van der Waals surface area contributed by atoms with Gasteiger partial charge in [-0.05, 0) is 37.1 Å².